The Hall–Kier alpha value is -0.860. The highest BCUT2D eigenvalue weighted by Gasteiger charge is 2.31. The van der Waals surface area contributed by atoms with Crippen LogP contribution in [0.1, 0.15) is 25.7 Å². The minimum atomic E-state index is -3.02. The van der Waals surface area contributed by atoms with Gasteiger partial charge in [0.2, 0.25) is 0 Å². The van der Waals surface area contributed by atoms with Gasteiger partial charge in [-0.2, -0.15) is 0 Å². The molecule has 1 saturated carbocycles. The highest BCUT2D eigenvalue weighted by atomic mass is 32.2. The van der Waals surface area contributed by atoms with Gasteiger partial charge >= 0.3 is 0 Å². The van der Waals surface area contributed by atoms with Crippen LogP contribution >= 0.6 is 0 Å². The molecule has 1 rings (SSSR count). The Kier molecular flexibility index (Phi) is 5.16. The molecule has 17 heavy (non-hydrogen) atoms. The third-order valence-electron chi connectivity index (χ3n) is 3.21. The molecule has 1 aliphatic carbocycles. The summed E-state index contributed by atoms with van der Waals surface area (Å²) < 4.78 is 22.9. The molecular formula is C12H19NO3S. The van der Waals surface area contributed by atoms with E-state index in [4.69, 9.17) is 6.42 Å². The van der Waals surface area contributed by atoms with Crippen molar-refractivity contribution in [1.82, 2.24) is 5.32 Å². The Morgan fingerprint density at radius 3 is 2.76 bits per heavy atom. The van der Waals surface area contributed by atoms with Crippen molar-refractivity contribution < 1.29 is 13.2 Å². The summed E-state index contributed by atoms with van der Waals surface area (Å²) >= 11 is 0. The molecule has 0 aliphatic heterocycles. The number of carbonyl (C=O) groups is 1. The molecule has 1 aliphatic rings. The van der Waals surface area contributed by atoms with E-state index in [-0.39, 0.29) is 23.5 Å². The highest BCUT2D eigenvalue weighted by molar-refractivity contribution is 7.91. The van der Waals surface area contributed by atoms with E-state index in [0.29, 0.717) is 19.4 Å². The first-order valence-corrected chi connectivity index (χ1v) is 7.76. The van der Waals surface area contributed by atoms with Crippen molar-refractivity contribution >= 4 is 15.6 Å². The van der Waals surface area contributed by atoms with Crippen LogP contribution in [0.25, 0.3) is 0 Å². The summed E-state index contributed by atoms with van der Waals surface area (Å²) in [7, 11) is -3.02. The largest absolute Gasteiger partial charge is 0.299 e. The fourth-order valence-corrected chi connectivity index (χ4v) is 3.41. The average Bonchev–Trinajstić information content (AvgIpc) is 2.28. The quantitative estimate of drug-likeness (QED) is 0.571. The highest BCUT2D eigenvalue weighted by Crippen LogP contribution is 2.28. The third-order valence-corrected chi connectivity index (χ3v) is 4.85. The van der Waals surface area contributed by atoms with Crippen LogP contribution in [-0.4, -0.2) is 38.8 Å². The van der Waals surface area contributed by atoms with Crippen molar-refractivity contribution in [2.75, 3.05) is 19.3 Å². The van der Waals surface area contributed by atoms with Gasteiger partial charge in [0.25, 0.3) is 0 Å². The molecule has 0 heterocycles. The number of terminal acetylenes is 1. The summed E-state index contributed by atoms with van der Waals surface area (Å²) in [5.41, 5.74) is 0. The molecule has 0 saturated heterocycles. The predicted octanol–water partition coefficient (Wildman–Crippen LogP) is 0.382. The molecule has 2 unspecified atom stereocenters. The Morgan fingerprint density at radius 2 is 2.18 bits per heavy atom. The minimum absolute atomic E-state index is 0.0774. The Balaban J connectivity index is 2.50. The van der Waals surface area contributed by atoms with Gasteiger partial charge in [-0.3, -0.25) is 10.1 Å². The van der Waals surface area contributed by atoms with Crippen molar-refractivity contribution in [2.45, 2.75) is 30.9 Å². The number of hydrogen-bond acceptors (Lipinski definition) is 4. The monoisotopic (exact) mass is 257 g/mol. The van der Waals surface area contributed by atoms with E-state index in [1.165, 1.54) is 6.26 Å². The molecule has 0 aromatic heterocycles. The maximum absolute atomic E-state index is 11.8. The summed E-state index contributed by atoms with van der Waals surface area (Å²) in [4.78, 5) is 11.8. The summed E-state index contributed by atoms with van der Waals surface area (Å²) in [5.74, 6) is 2.35. The van der Waals surface area contributed by atoms with Crippen molar-refractivity contribution in [2.24, 2.45) is 5.92 Å². The van der Waals surface area contributed by atoms with E-state index >= 15 is 0 Å². The molecular weight excluding hydrogens is 238 g/mol. The Bertz CT molecular complexity index is 408. The smallest absolute Gasteiger partial charge is 0.150 e. The molecule has 0 amide bonds. The number of nitrogens with one attached hydrogen (secondary N) is 1. The van der Waals surface area contributed by atoms with E-state index in [9.17, 15) is 13.2 Å². The van der Waals surface area contributed by atoms with Gasteiger partial charge in [0, 0.05) is 12.2 Å². The molecule has 0 bridgehead atoms. The van der Waals surface area contributed by atoms with E-state index < -0.39 is 9.84 Å². The van der Waals surface area contributed by atoms with E-state index in [0.717, 1.165) is 12.8 Å². The molecule has 0 aromatic carbocycles. The molecule has 1 fully saturated rings. The number of sulfone groups is 1. The number of Topliss-reactive ketones (excluding diaryl/α,β-unsaturated/α-hetero) is 1. The lowest BCUT2D eigenvalue weighted by Gasteiger charge is -2.27. The first kappa shape index (κ1) is 14.2. The number of hydrogen-bond donors (Lipinski definition) is 1. The summed E-state index contributed by atoms with van der Waals surface area (Å²) in [6.07, 6.45) is 9.07. The van der Waals surface area contributed by atoms with Crippen molar-refractivity contribution in [1.29, 1.82) is 0 Å². The zero-order chi connectivity index (χ0) is 12.9. The van der Waals surface area contributed by atoms with Crippen LogP contribution in [0.4, 0.5) is 0 Å². The van der Waals surface area contributed by atoms with Crippen molar-refractivity contribution in [3.05, 3.63) is 0 Å². The molecule has 0 radical (unpaired) electrons. The summed E-state index contributed by atoms with van der Waals surface area (Å²) in [6, 6.07) is 0. The molecule has 96 valence electrons. The SMILES string of the molecule is C#CCNCC(=O)C1CCCC(S(C)(=O)=O)C1. The molecule has 1 N–H and O–H groups in total. The topological polar surface area (TPSA) is 63.2 Å². The zero-order valence-electron chi connectivity index (χ0n) is 10.1. The van der Waals surface area contributed by atoms with Gasteiger partial charge in [-0.15, -0.1) is 6.42 Å². The Labute approximate surface area is 103 Å². The zero-order valence-corrected chi connectivity index (χ0v) is 10.9. The van der Waals surface area contributed by atoms with Gasteiger partial charge in [-0.1, -0.05) is 12.3 Å². The van der Waals surface area contributed by atoms with Crippen LogP contribution in [0.2, 0.25) is 0 Å². The lowest BCUT2D eigenvalue weighted by atomic mass is 9.86. The minimum Gasteiger partial charge on any atom is -0.299 e. The fraction of sp³-hybridized carbons (Fsp3) is 0.750. The summed E-state index contributed by atoms with van der Waals surface area (Å²) in [5, 5.41) is 2.50. The molecule has 0 aromatic rings. The van der Waals surface area contributed by atoms with Crippen LogP contribution in [0.15, 0.2) is 0 Å². The van der Waals surface area contributed by atoms with Gasteiger partial charge in [-0.25, -0.2) is 8.42 Å². The van der Waals surface area contributed by atoms with Gasteiger partial charge in [0.15, 0.2) is 0 Å². The van der Waals surface area contributed by atoms with Gasteiger partial charge in [0.1, 0.15) is 15.6 Å². The lowest BCUT2D eigenvalue weighted by molar-refractivity contribution is -0.122. The van der Waals surface area contributed by atoms with E-state index in [1.54, 1.807) is 0 Å². The first-order chi connectivity index (χ1) is 7.95. The van der Waals surface area contributed by atoms with Gasteiger partial charge in [-0.05, 0) is 19.3 Å². The fourth-order valence-electron chi connectivity index (χ4n) is 2.23. The molecule has 5 heteroatoms. The van der Waals surface area contributed by atoms with Gasteiger partial charge < -0.3 is 0 Å². The second-order valence-corrected chi connectivity index (χ2v) is 6.91. The number of rotatable bonds is 5. The number of carbonyl (C=O) groups excluding carboxylic acids is 1. The van der Waals surface area contributed by atoms with Gasteiger partial charge in [0.05, 0.1) is 18.3 Å². The van der Waals surface area contributed by atoms with Crippen LogP contribution in [-0.2, 0) is 14.6 Å². The van der Waals surface area contributed by atoms with Crippen LogP contribution in [0.3, 0.4) is 0 Å². The van der Waals surface area contributed by atoms with E-state index in [2.05, 4.69) is 11.2 Å². The summed E-state index contributed by atoms with van der Waals surface area (Å²) in [6.45, 7) is 0.610. The maximum Gasteiger partial charge on any atom is 0.150 e. The molecule has 2 atom stereocenters. The lowest BCUT2D eigenvalue weighted by Crippen LogP contribution is -2.35. The predicted molar refractivity (Wildman–Crippen MR) is 67.3 cm³/mol. The van der Waals surface area contributed by atoms with Crippen LogP contribution in [0.5, 0.6) is 0 Å². The Morgan fingerprint density at radius 1 is 1.47 bits per heavy atom. The van der Waals surface area contributed by atoms with Crippen molar-refractivity contribution in [3.63, 3.8) is 0 Å². The first-order valence-electron chi connectivity index (χ1n) is 5.81. The third kappa shape index (κ3) is 4.49. The second kappa shape index (κ2) is 6.18. The molecule has 4 nitrogen and oxygen atoms in total. The average molecular weight is 257 g/mol. The van der Waals surface area contributed by atoms with E-state index in [1.807, 2.05) is 0 Å². The van der Waals surface area contributed by atoms with Crippen LogP contribution in [0, 0.1) is 18.3 Å². The maximum atomic E-state index is 11.8. The van der Waals surface area contributed by atoms with Crippen molar-refractivity contribution in [3.8, 4) is 12.3 Å². The normalized spacial score (nSPS) is 25.2. The van der Waals surface area contributed by atoms with Crippen LogP contribution < -0.4 is 5.32 Å². The number of ketones is 1. The standard InChI is InChI=1S/C12H19NO3S/c1-3-7-13-9-12(14)10-5-4-6-11(8-10)17(2,15)16/h1,10-11,13H,4-9H2,2H3. The molecule has 0 spiro atoms. The second-order valence-electron chi connectivity index (χ2n) is 4.59.